The van der Waals surface area contributed by atoms with E-state index in [1.165, 1.54) is 21.5 Å². The maximum atomic E-state index is 12.4. The summed E-state index contributed by atoms with van der Waals surface area (Å²) in [4.78, 5) is 32.9. The van der Waals surface area contributed by atoms with Crippen LogP contribution in [-0.2, 0) is 13.6 Å². The highest BCUT2D eigenvalue weighted by atomic mass is 16.3. The Bertz CT molecular complexity index is 815. The van der Waals surface area contributed by atoms with Crippen LogP contribution in [0.1, 0.15) is 51.4 Å². The predicted octanol–water partition coefficient (Wildman–Crippen LogP) is 0.964. The third kappa shape index (κ3) is 5.22. The number of unbranched alkanes of at least 4 members (excludes halogenated alkanes) is 6. The van der Waals surface area contributed by atoms with Crippen LogP contribution in [0.15, 0.2) is 22.0 Å². The summed E-state index contributed by atoms with van der Waals surface area (Å²) in [6, 6.07) is 0. The summed E-state index contributed by atoms with van der Waals surface area (Å²) in [6.45, 7) is 0.222. The van der Waals surface area contributed by atoms with E-state index in [-0.39, 0.29) is 23.4 Å². The highest BCUT2D eigenvalue weighted by molar-refractivity contribution is 5.67. The van der Waals surface area contributed by atoms with Crippen LogP contribution < -0.4 is 11.2 Å². The monoisotopic (exact) mass is 364 g/mol. The van der Waals surface area contributed by atoms with Crippen molar-refractivity contribution in [1.29, 1.82) is 0 Å². The molecule has 2 aromatic rings. The molecular weight excluding hydrogens is 336 g/mol. The molecule has 0 aromatic carbocycles. The fourth-order valence-corrected chi connectivity index (χ4v) is 3.04. The van der Waals surface area contributed by atoms with Gasteiger partial charge in [-0.15, -0.1) is 0 Å². The molecule has 2 aromatic heterocycles. The van der Waals surface area contributed by atoms with Crippen LogP contribution in [0.2, 0.25) is 0 Å². The summed E-state index contributed by atoms with van der Waals surface area (Å²) in [6.07, 6.45) is 9.88. The van der Waals surface area contributed by atoms with E-state index in [0.717, 1.165) is 44.9 Å². The van der Waals surface area contributed by atoms with Gasteiger partial charge in [-0.3, -0.25) is 13.9 Å². The number of fused-ring (bicyclic) bond motifs is 1. The molecule has 0 saturated carbocycles. The highest BCUT2D eigenvalue weighted by Gasteiger charge is 2.12. The lowest BCUT2D eigenvalue weighted by molar-refractivity contribution is 0.0860. The summed E-state index contributed by atoms with van der Waals surface area (Å²) >= 11 is 0. The fraction of sp³-hybridized carbons (Fsp3) is 0.667. The van der Waals surface area contributed by atoms with Crippen molar-refractivity contribution in [2.75, 3.05) is 6.61 Å². The Labute approximate surface area is 152 Å². The molecule has 2 rings (SSSR count). The SMILES string of the molecule is Cn1c(=O)n(CCCCCCCCCC(O)CO)c(=O)c2nccnc21. The molecule has 8 heteroatoms. The molecule has 0 radical (unpaired) electrons. The first-order chi connectivity index (χ1) is 12.6. The van der Waals surface area contributed by atoms with Crippen molar-refractivity contribution in [3.8, 4) is 0 Å². The van der Waals surface area contributed by atoms with Gasteiger partial charge < -0.3 is 10.2 Å². The van der Waals surface area contributed by atoms with Crippen LogP contribution in [-0.4, -0.2) is 42.0 Å². The molecule has 0 bridgehead atoms. The van der Waals surface area contributed by atoms with Crippen LogP contribution >= 0.6 is 0 Å². The van der Waals surface area contributed by atoms with Crippen LogP contribution in [0.5, 0.6) is 0 Å². The molecule has 0 saturated heterocycles. The van der Waals surface area contributed by atoms with Gasteiger partial charge in [-0.05, 0) is 12.8 Å². The Hall–Kier alpha value is -2.06. The lowest BCUT2D eigenvalue weighted by atomic mass is 10.1. The topological polar surface area (TPSA) is 110 Å². The van der Waals surface area contributed by atoms with Crippen LogP contribution in [0.25, 0.3) is 11.2 Å². The highest BCUT2D eigenvalue weighted by Crippen LogP contribution is 2.10. The lowest BCUT2D eigenvalue weighted by Crippen LogP contribution is -2.39. The maximum absolute atomic E-state index is 12.4. The van der Waals surface area contributed by atoms with Crippen molar-refractivity contribution in [2.24, 2.45) is 7.05 Å². The summed E-state index contributed by atoms with van der Waals surface area (Å²) in [5.74, 6) is 0. The van der Waals surface area contributed by atoms with Gasteiger partial charge in [0.15, 0.2) is 11.2 Å². The van der Waals surface area contributed by atoms with Gasteiger partial charge in [-0.25, -0.2) is 14.8 Å². The minimum atomic E-state index is -0.595. The Morgan fingerprint density at radius 1 is 1.00 bits per heavy atom. The standard InChI is InChI=1S/C18H28N4O4/c1-21-16-15(19-10-11-20-16)17(25)22(18(21)26)12-8-6-4-2-3-5-7-9-14(24)13-23/h10-11,14,23-24H,2-9,12-13H2,1H3. The van der Waals surface area contributed by atoms with E-state index in [9.17, 15) is 14.7 Å². The largest absolute Gasteiger partial charge is 0.394 e. The summed E-state index contributed by atoms with van der Waals surface area (Å²) in [5.41, 5.74) is -0.200. The third-order valence-electron chi connectivity index (χ3n) is 4.59. The second-order valence-electron chi connectivity index (χ2n) is 6.63. The second-order valence-corrected chi connectivity index (χ2v) is 6.63. The van der Waals surface area contributed by atoms with Crippen molar-refractivity contribution in [2.45, 2.75) is 64.0 Å². The zero-order valence-corrected chi connectivity index (χ0v) is 15.3. The van der Waals surface area contributed by atoms with E-state index in [1.54, 1.807) is 7.05 Å². The number of aromatic nitrogens is 4. The minimum absolute atomic E-state index is 0.167. The van der Waals surface area contributed by atoms with Crippen LogP contribution in [0, 0.1) is 0 Å². The fourth-order valence-electron chi connectivity index (χ4n) is 3.04. The second kappa shape index (κ2) is 10.2. The number of aryl methyl sites for hydroxylation is 1. The van der Waals surface area contributed by atoms with Crippen molar-refractivity contribution >= 4 is 11.2 Å². The van der Waals surface area contributed by atoms with E-state index in [2.05, 4.69) is 9.97 Å². The number of hydrogen-bond donors (Lipinski definition) is 2. The lowest BCUT2D eigenvalue weighted by Gasteiger charge is -2.09. The molecule has 0 aliphatic rings. The van der Waals surface area contributed by atoms with E-state index < -0.39 is 6.10 Å². The van der Waals surface area contributed by atoms with Gasteiger partial charge in [-0.1, -0.05) is 38.5 Å². The molecular formula is C18H28N4O4. The molecule has 2 N–H and O–H groups in total. The Morgan fingerprint density at radius 3 is 2.31 bits per heavy atom. The predicted molar refractivity (Wildman–Crippen MR) is 99.1 cm³/mol. The van der Waals surface area contributed by atoms with Crippen molar-refractivity contribution in [1.82, 2.24) is 19.1 Å². The van der Waals surface area contributed by atoms with Gasteiger partial charge >= 0.3 is 5.69 Å². The normalized spacial score (nSPS) is 12.6. The first-order valence-corrected chi connectivity index (χ1v) is 9.25. The van der Waals surface area contributed by atoms with E-state index in [4.69, 9.17) is 5.11 Å². The molecule has 0 aliphatic carbocycles. The zero-order chi connectivity index (χ0) is 18.9. The number of aliphatic hydroxyl groups excluding tert-OH is 2. The van der Waals surface area contributed by atoms with E-state index >= 15 is 0 Å². The Kier molecular flexibility index (Phi) is 7.93. The number of hydrogen-bond acceptors (Lipinski definition) is 6. The Balaban J connectivity index is 1.77. The van der Waals surface area contributed by atoms with Gasteiger partial charge in [-0.2, -0.15) is 0 Å². The van der Waals surface area contributed by atoms with Crippen molar-refractivity contribution in [3.63, 3.8) is 0 Å². The molecule has 1 atom stereocenters. The Morgan fingerprint density at radius 2 is 1.62 bits per heavy atom. The smallest absolute Gasteiger partial charge is 0.332 e. The quantitative estimate of drug-likeness (QED) is 0.575. The maximum Gasteiger partial charge on any atom is 0.332 e. The molecule has 0 amide bonds. The zero-order valence-electron chi connectivity index (χ0n) is 15.3. The third-order valence-corrected chi connectivity index (χ3v) is 4.59. The minimum Gasteiger partial charge on any atom is -0.394 e. The average Bonchev–Trinajstić information content (AvgIpc) is 2.66. The van der Waals surface area contributed by atoms with Crippen LogP contribution in [0.4, 0.5) is 0 Å². The first-order valence-electron chi connectivity index (χ1n) is 9.25. The van der Waals surface area contributed by atoms with E-state index in [0.29, 0.717) is 18.6 Å². The summed E-state index contributed by atoms with van der Waals surface area (Å²) < 4.78 is 2.61. The van der Waals surface area contributed by atoms with Crippen LogP contribution in [0.3, 0.4) is 0 Å². The van der Waals surface area contributed by atoms with Crippen molar-refractivity contribution in [3.05, 3.63) is 33.2 Å². The number of rotatable bonds is 11. The van der Waals surface area contributed by atoms with Gasteiger partial charge in [0, 0.05) is 26.0 Å². The molecule has 144 valence electrons. The van der Waals surface area contributed by atoms with Crippen molar-refractivity contribution < 1.29 is 10.2 Å². The molecule has 1 unspecified atom stereocenters. The number of nitrogens with zero attached hydrogens (tertiary/aromatic N) is 4. The molecule has 0 aliphatic heterocycles. The molecule has 0 fully saturated rings. The molecule has 26 heavy (non-hydrogen) atoms. The number of aliphatic hydroxyl groups is 2. The van der Waals surface area contributed by atoms with Gasteiger partial charge in [0.1, 0.15) is 0 Å². The van der Waals surface area contributed by atoms with Gasteiger partial charge in [0.05, 0.1) is 12.7 Å². The summed E-state index contributed by atoms with van der Waals surface area (Å²) in [5, 5.41) is 18.0. The first kappa shape index (κ1) is 20.3. The van der Waals surface area contributed by atoms with Gasteiger partial charge in [0.2, 0.25) is 0 Å². The van der Waals surface area contributed by atoms with Gasteiger partial charge in [0.25, 0.3) is 5.56 Å². The average molecular weight is 364 g/mol. The molecule has 0 spiro atoms. The molecule has 2 heterocycles. The molecule has 8 nitrogen and oxygen atoms in total. The van der Waals surface area contributed by atoms with E-state index in [1.807, 2.05) is 0 Å². The summed E-state index contributed by atoms with van der Waals surface area (Å²) in [7, 11) is 1.60.